The molecular weight excluding hydrogens is 242 g/mol. The Balaban J connectivity index is 1.70. The first-order valence-electron chi connectivity index (χ1n) is 6.71. The van der Waals surface area contributed by atoms with Crippen molar-refractivity contribution in [2.24, 2.45) is 5.92 Å². The lowest BCUT2D eigenvalue weighted by molar-refractivity contribution is -0.137. The maximum absolute atomic E-state index is 12.5. The van der Waals surface area contributed by atoms with Crippen LogP contribution in [0.2, 0.25) is 0 Å². The summed E-state index contributed by atoms with van der Waals surface area (Å²) in [6.45, 7) is 1.03. The summed E-state index contributed by atoms with van der Waals surface area (Å²) in [6, 6.07) is 6.07. The van der Waals surface area contributed by atoms with Gasteiger partial charge in [0, 0.05) is 25.2 Å². The molecule has 2 amide bonds. The van der Waals surface area contributed by atoms with Gasteiger partial charge in [0.2, 0.25) is 11.8 Å². The molecule has 1 saturated heterocycles. The van der Waals surface area contributed by atoms with E-state index in [2.05, 4.69) is 10.3 Å². The lowest BCUT2D eigenvalue weighted by Gasteiger charge is -2.24. The molecule has 1 atom stereocenters. The van der Waals surface area contributed by atoms with E-state index in [1.54, 1.807) is 6.20 Å². The molecule has 100 valence electrons. The molecule has 1 saturated carbocycles. The van der Waals surface area contributed by atoms with E-state index < -0.39 is 0 Å². The Hall–Kier alpha value is -1.91. The molecule has 2 fully saturated rings. The zero-order chi connectivity index (χ0) is 13.2. The van der Waals surface area contributed by atoms with Crippen molar-refractivity contribution in [1.82, 2.24) is 15.2 Å². The molecule has 5 heteroatoms. The first-order chi connectivity index (χ1) is 9.24. The van der Waals surface area contributed by atoms with Crippen LogP contribution >= 0.6 is 0 Å². The third kappa shape index (κ3) is 2.75. The number of nitrogens with zero attached hydrogens (tertiary/aromatic N) is 2. The zero-order valence-electron chi connectivity index (χ0n) is 10.7. The normalized spacial score (nSPS) is 22.1. The van der Waals surface area contributed by atoms with Crippen LogP contribution in [0.15, 0.2) is 24.4 Å². The number of amides is 2. The molecular formula is C14H17N3O2. The molecule has 0 radical (unpaired) electrons. The van der Waals surface area contributed by atoms with E-state index in [9.17, 15) is 9.59 Å². The van der Waals surface area contributed by atoms with E-state index in [4.69, 9.17) is 0 Å². The number of carbonyl (C=O) groups is 2. The van der Waals surface area contributed by atoms with Gasteiger partial charge in [-0.05, 0) is 25.0 Å². The summed E-state index contributed by atoms with van der Waals surface area (Å²) in [6.07, 6.45) is 4.19. The second-order valence-electron chi connectivity index (χ2n) is 5.22. The van der Waals surface area contributed by atoms with Gasteiger partial charge in [-0.25, -0.2) is 0 Å². The molecule has 0 aromatic carbocycles. The Labute approximate surface area is 112 Å². The lowest BCUT2D eigenvalue weighted by atomic mass is 10.1. The predicted octanol–water partition coefficient (Wildman–Crippen LogP) is 0.709. The third-order valence-corrected chi connectivity index (χ3v) is 3.66. The number of hydrogen-bond acceptors (Lipinski definition) is 3. The molecule has 1 aliphatic heterocycles. The fourth-order valence-corrected chi connectivity index (χ4v) is 2.45. The maximum Gasteiger partial charge on any atom is 0.228 e. The van der Waals surface area contributed by atoms with Gasteiger partial charge < -0.3 is 10.2 Å². The highest BCUT2D eigenvalue weighted by Crippen LogP contribution is 2.30. The van der Waals surface area contributed by atoms with Crippen LogP contribution in [0.5, 0.6) is 0 Å². The van der Waals surface area contributed by atoms with Crippen LogP contribution in [0, 0.1) is 5.92 Å². The molecule has 3 rings (SSSR count). The van der Waals surface area contributed by atoms with Gasteiger partial charge in [-0.2, -0.15) is 0 Å². The Morgan fingerprint density at radius 3 is 2.84 bits per heavy atom. The van der Waals surface area contributed by atoms with Gasteiger partial charge in [-0.1, -0.05) is 6.07 Å². The average Bonchev–Trinajstić information content (AvgIpc) is 3.18. The van der Waals surface area contributed by atoms with E-state index in [-0.39, 0.29) is 17.7 Å². The van der Waals surface area contributed by atoms with Crippen LogP contribution in [-0.2, 0) is 16.1 Å². The largest absolute Gasteiger partial charge is 0.355 e. The van der Waals surface area contributed by atoms with Gasteiger partial charge in [0.1, 0.15) is 0 Å². The molecule has 1 aromatic rings. The second-order valence-corrected chi connectivity index (χ2v) is 5.22. The summed E-state index contributed by atoms with van der Waals surface area (Å²) in [5.41, 5.74) is 0.903. The Kier molecular flexibility index (Phi) is 3.19. The minimum atomic E-state index is -0.197. The topological polar surface area (TPSA) is 62.3 Å². The highest BCUT2D eigenvalue weighted by Gasteiger charge is 2.38. The summed E-state index contributed by atoms with van der Waals surface area (Å²) in [5, 5.41) is 2.73. The van der Waals surface area contributed by atoms with E-state index in [1.165, 1.54) is 0 Å². The molecule has 1 aliphatic carbocycles. The second kappa shape index (κ2) is 4.99. The SMILES string of the molecule is O=C1CC(C(=O)N(Cc2ccccn2)C2CC2)CN1. The van der Waals surface area contributed by atoms with Gasteiger partial charge in [-0.15, -0.1) is 0 Å². The van der Waals surface area contributed by atoms with Crippen molar-refractivity contribution < 1.29 is 9.59 Å². The van der Waals surface area contributed by atoms with Crippen molar-refractivity contribution >= 4 is 11.8 Å². The monoisotopic (exact) mass is 259 g/mol. The van der Waals surface area contributed by atoms with Crippen LogP contribution in [0.4, 0.5) is 0 Å². The van der Waals surface area contributed by atoms with Crippen LogP contribution in [0.25, 0.3) is 0 Å². The van der Waals surface area contributed by atoms with Crippen molar-refractivity contribution in [2.75, 3.05) is 6.54 Å². The average molecular weight is 259 g/mol. The van der Waals surface area contributed by atoms with Crippen LogP contribution in [-0.4, -0.2) is 34.3 Å². The van der Waals surface area contributed by atoms with E-state index in [0.29, 0.717) is 25.6 Å². The number of hydrogen-bond donors (Lipinski definition) is 1. The molecule has 2 heterocycles. The fraction of sp³-hybridized carbons (Fsp3) is 0.500. The van der Waals surface area contributed by atoms with Gasteiger partial charge in [0.05, 0.1) is 18.2 Å². The molecule has 1 N–H and O–H groups in total. The molecule has 19 heavy (non-hydrogen) atoms. The maximum atomic E-state index is 12.5. The molecule has 1 unspecified atom stereocenters. The van der Waals surface area contributed by atoms with Crippen LogP contribution < -0.4 is 5.32 Å². The lowest BCUT2D eigenvalue weighted by Crippen LogP contribution is -2.38. The summed E-state index contributed by atoms with van der Waals surface area (Å²) >= 11 is 0. The van der Waals surface area contributed by atoms with Gasteiger partial charge in [0.15, 0.2) is 0 Å². The summed E-state index contributed by atoms with van der Waals surface area (Å²) in [7, 11) is 0. The fourth-order valence-electron chi connectivity index (χ4n) is 2.45. The molecule has 0 bridgehead atoms. The van der Waals surface area contributed by atoms with E-state index in [0.717, 1.165) is 18.5 Å². The smallest absolute Gasteiger partial charge is 0.228 e. The van der Waals surface area contributed by atoms with Crippen molar-refractivity contribution in [3.63, 3.8) is 0 Å². The van der Waals surface area contributed by atoms with E-state index >= 15 is 0 Å². The summed E-state index contributed by atoms with van der Waals surface area (Å²) in [5.74, 6) is -0.129. The van der Waals surface area contributed by atoms with Gasteiger partial charge >= 0.3 is 0 Å². The molecule has 2 aliphatic rings. The quantitative estimate of drug-likeness (QED) is 0.866. The van der Waals surface area contributed by atoms with Gasteiger partial charge in [0.25, 0.3) is 0 Å². The number of aromatic nitrogens is 1. The molecule has 1 aromatic heterocycles. The number of carbonyl (C=O) groups excluding carboxylic acids is 2. The Morgan fingerprint density at radius 1 is 1.42 bits per heavy atom. The third-order valence-electron chi connectivity index (χ3n) is 3.66. The summed E-state index contributed by atoms with van der Waals surface area (Å²) in [4.78, 5) is 29.9. The highest BCUT2D eigenvalue weighted by atomic mass is 16.2. The molecule has 5 nitrogen and oxygen atoms in total. The van der Waals surface area contributed by atoms with Crippen LogP contribution in [0.1, 0.15) is 25.0 Å². The first-order valence-corrected chi connectivity index (χ1v) is 6.71. The standard InChI is InChI=1S/C14H17N3O2/c18-13-7-10(8-16-13)14(19)17(12-4-5-12)9-11-3-1-2-6-15-11/h1-3,6,10,12H,4-5,7-9H2,(H,16,18). The minimum Gasteiger partial charge on any atom is -0.355 e. The first kappa shape index (κ1) is 12.1. The predicted molar refractivity (Wildman–Crippen MR) is 68.9 cm³/mol. The Morgan fingerprint density at radius 2 is 2.26 bits per heavy atom. The van der Waals surface area contributed by atoms with Crippen molar-refractivity contribution in [1.29, 1.82) is 0 Å². The number of pyridine rings is 1. The zero-order valence-corrected chi connectivity index (χ0v) is 10.7. The Bertz CT molecular complexity index is 485. The van der Waals surface area contributed by atoms with Crippen molar-refractivity contribution in [3.05, 3.63) is 30.1 Å². The number of rotatable bonds is 4. The van der Waals surface area contributed by atoms with Gasteiger partial charge in [-0.3, -0.25) is 14.6 Å². The molecule has 0 spiro atoms. The van der Waals surface area contributed by atoms with Crippen molar-refractivity contribution in [2.45, 2.75) is 31.8 Å². The van der Waals surface area contributed by atoms with Crippen molar-refractivity contribution in [3.8, 4) is 0 Å². The van der Waals surface area contributed by atoms with Crippen LogP contribution in [0.3, 0.4) is 0 Å². The minimum absolute atomic E-state index is 0.0214. The summed E-state index contributed by atoms with van der Waals surface area (Å²) < 4.78 is 0. The highest BCUT2D eigenvalue weighted by molar-refractivity contribution is 5.89. The van der Waals surface area contributed by atoms with E-state index in [1.807, 2.05) is 23.1 Å². The number of nitrogens with one attached hydrogen (secondary N) is 1.